The van der Waals surface area contributed by atoms with Gasteiger partial charge in [-0.3, -0.25) is 9.59 Å². The summed E-state index contributed by atoms with van der Waals surface area (Å²) in [6.45, 7) is 2.36. The summed E-state index contributed by atoms with van der Waals surface area (Å²) in [6, 6.07) is 10.3. The molecule has 1 heterocycles. The monoisotopic (exact) mass is 382 g/mol. The lowest BCUT2D eigenvalue weighted by atomic mass is 10.1. The lowest BCUT2D eigenvalue weighted by molar-refractivity contribution is 0.102. The number of carbonyl (C=O) groups is 1. The van der Waals surface area contributed by atoms with Gasteiger partial charge in [0.25, 0.3) is 5.91 Å². The fraction of sp³-hybridized carbons (Fsp3) is 0.238. The Morgan fingerprint density at radius 1 is 1.07 bits per heavy atom. The molecule has 0 atom stereocenters. The Labute approximate surface area is 162 Å². The molecule has 0 fully saturated rings. The van der Waals surface area contributed by atoms with E-state index in [4.69, 9.17) is 14.2 Å². The molecule has 0 saturated heterocycles. The number of aryl methyl sites for hydroxylation is 1. The molecule has 28 heavy (non-hydrogen) atoms. The van der Waals surface area contributed by atoms with Gasteiger partial charge in [0.2, 0.25) is 5.43 Å². The summed E-state index contributed by atoms with van der Waals surface area (Å²) in [4.78, 5) is 25.7. The number of fused-ring (bicyclic) bond motifs is 1. The van der Waals surface area contributed by atoms with Crippen molar-refractivity contribution in [2.75, 3.05) is 26.1 Å². The van der Waals surface area contributed by atoms with E-state index in [0.717, 1.165) is 5.52 Å². The SMILES string of the molecule is CCOc1ccc2c(c1)c(=O)c(C(=O)Nc1ccc(OC)c(OC)c1)cn2C. The molecular formula is C21H22N2O5. The molecule has 0 aliphatic carbocycles. The van der Waals surface area contributed by atoms with Gasteiger partial charge in [-0.1, -0.05) is 0 Å². The second kappa shape index (κ2) is 8.04. The molecule has 3 aromatic rings. The minimum Gasteiger partial charge on any atom is -0.494 e. The van der Waals surface area contributed by atoms with Crippen LogP contribution in [-0.4, -0.2) is 31.3 Å². The highest BCUT2D eigenvalue weighted by Gasteiger charge is 2.16. The van der Waals surface area contributed by atoms with Crippen LogP contribution >= 0.6 is 0 Å². The van der Waals surface area contributed by atoms with Crippen molar-refractivity contribution in [2.45, 2.75) is 6.92 Å². The molecule has 3 rings (SSSR count). The normalized spacial score (nSPS) is 10.6. The van der Waals surface area contributed by atoms with Crippen molar-refractivity contribution in [3.05, 3.63) is 58.4 Å². The van der Waals surface area contributed by atoms with Crippen molar-refractivity contribution in [3.63, 3.8) is 0 Å². The van der Waals surface area contributed by atoms with Crippen molar-refractivity contribution < 1.29 is 19.0 Å². The van der Waals surface area contributed by atoms with Gasteiger partial charge in [0.05, 0.1) is 31.7 Å². The second-order valence-corrected chi connectivity index (χ2v) is 6.12. The van der Waals surface area contributed by atoms with Crippen molar-refractivity contribution in [1.29, 1.82) is 0 Å². The maximum atomic E-state index is 12.9. The summed E-state index contributed by atoms with van der Waals surface area (Å²) in [7, 11) is 4.83. The number of anilines is 1. The summed E-state index contributed by atoms with van der Waals surface area (Å²) in [5.41, 5.74) is 0.898. The summed E-state index contributed by atoms with van der Waals surface area (Å²) >= 11 is 0. The molecule has 0 radical (unpaired) electrons. The van der Waals surface area contributed by atoms with E-state index in [2.05, 4.69) is 5.32 Å². The zero-order chi connectivity index (χ0) is 20.3. The van der Waals surface area contributed by atoms with Crippen molar-refractivity contribution >= 4 is 22.5 Å². The van der Waals surface area contributed by atoms with Crippen LogP contribution in [0.25, 0.3) is 10.9 Å². The molecule has 0 aliphatic rings. The van der Waals surface area contributed by atoms with Gasteiger partial charge in [-0.05, 0) is 37.3 Å². The molecular weight excluding hydrogens is 360 g/mol. The highest BCUT2D eigenvalue weighted by atomic mass is 16.5. The lowest BCUT2D eigenvalue weighted by Gasteiger charge is -2.12. The largest absolute Gasteiger partial charge is 0.494 e. The van der Waals surface area contributed by atoms with Crippen LogP contribution in [0.2, 0.25) is 0 Å². The molecule has 2 aromatic carbocycles. The van der Waals surface area contributed by atoms with Crippen LogP contribution in [-0.2, 0) is 7.05 Å². The Bertz CT molecular complexity index is 1090. The van der Waals surface area contributed by atoms with Crippen molar-refractivity contribution in [2.24, 2.45) is 7.05 Å². The molecule has 1 amide bonds. The quantitative estimate of drug-likeness (QED) is 0.708. The van der Waals surface area contributed by atoms with E-state index < -0.39 is 5.91 Å². The van der Waals surface area contributed by atoms with Crippen LogP contribution in [0.15, 0.2) is 47.4 Å². The van der Waals surface area contributed by atoms with E-state index in [0.29, 0.717) is 34.9 Å². The van der Waals surface area contributed by atoms with Gasteiger partial charge in [0, 0.05) is 25.0 Å². The fourth-order valence-electron chi connectivity index (χ4n) is 3.00. The number of methoxy groups -OCH3 is 2. The Morgan fingerprint density at radius 2 is 1.82 bits per heavy atom. The zero-order valence-electron chi connectivity index (χ0n) is 16.2. The third-order valence-electron chi connectivity index (χ3n) is 4.36. The first-order valence-electron chi connectivity index (χ1n) is 8.78. The number of carbonyl (C=O) groups excluding carboxylic acids is 1. The van der Waals surface area contributed by atoms with E-state index in [1.807, 2.05) is 6.92 Å². The molecule has 0 aliphatic heterocycles. The molecule has 1 N–H and O–H groups in total. The number of hydrogen-bond acceptors (Lipinski definition) is 5. The lowest BCUT2D eigenvalue weighted by Crippen LogP contribution is -2.23. The number of aromatic nitrogens is 1. The first kappa shape index (κ1) is 19.3. The average Bonchev–Trinajstić information content (AvgIpc) is 2.70. The predicted octanol–water partition coefficient (Wildman–Crippen LogP) is 3.21. The van der Waals surface area contributed by atoms with Gasteiger partial charge in [0.1, 0.15) is 11.3 Å². The standard InChI is InChI=1S/C21H22N2O5/c1-5-28-14-7-8-17-15(11-14)20(24)16(12-23(17)2)21(25)22-13-6-9-18(26-3)19(10-13)27-4/h6-12H,5H2,1-4H3,(H,22,25). The zero-order valence-corrected chi connectivity index (χ0v) is 16.2. The van der Waals surface area contributed by atoms with Crippen molar-refractivity contribution in [1.82, 2.24) is 4.57 Å². The number of pyridine rings is 1. The van der Waals surface area contributed by atoms with Gasteiger partial charge in [-0.2, -0.15) is 0 Å². The van der Waals surface area contributed by atoms with Gasteiger partial charge in [-0.15, -0.1) is 0 Å². The molecule has 7 heteroatoms. The molecule has 0 unspecified atom stereocenters. The first-order valence-corrected chi connectivity index (χ1v) is 8.78. The molecule has 0 saturated carbocycles. The van der Waals surface area contributed by atoms with E-state index in [1.165, 1.54) is 20.4 Å². The third kappa shape index (κ3) is 3.64. The highest BCUT2D eigenvalue weighted by Crippen LogP contribution is 2.30. The molecule has 7 nitrogen and oxygen atoms in total. The topological polar surface area (TPSA) is 78.8 Å². The van der Waals surface area contributed by atoms with E-state index in [9.17, 15) is 9.59 Å². The molecule has 0 bridgehead atoms. The van der Waals surface area contributed by atoms with E-state index in [1.54, 1.807) is 48.0 Å². The third-order valence-corrected chi connectivity index (χ3v) is 4.36. The molecule has 0 spiro atoms. The van der Waals surface area contributed by atoms with E-state index in [-0.39, 0.29) is 11.0 Å². The summed E-state index contributed by atoms with van der Waals surface area (Å²) < 4.78 is 17.7. The minimum atomic E-state index is -0.503. The number of ether oxygens (including phenoxy) is 3. The number of amides is 1. The van der Waals surface area contributed by atoms with Crippen LogP contribution < -0.4 is 25.0 Å². The molecule has 1 aromatic heterocycles. The number of benzene rings is 2. The summed E-state index contributed by atoms with van der Waals surface area (Å²) in [6.07, 6.45) is 1.53. The maximum Gasteiger partial charge on any atom is 0.261 e. The Morgan fingerprint density at radius 3 is 2.50 bits per heavy atom. The van der Waals surface area contributed by atoms with E-state index >= 15 is 0 Å². The summed E-state index contributed by atoms with van der Waals surface area (Å²) in [5, 5.41) is 3.16. The number of rotatable bonds is 6. The van der Waals surface area contributed by atoms with Crippen LogP contribution in [0.4, 0.5) is 5.69 Å². The Balaban J connectivity index is 1.99. The number of hydrogen-bond donors (Lipinski definition) is 1. The Hall–Kier alpha value is -3.48. The van der Waals surface area contributed by atoms with Crippen LogP contribution in [0.1, 0.15) is 17.3 Å². The smallest absolute Gasteiger partial charge is 0.261 e. The fourth-order valence-corrected chi connectivity index (χ4v) is 3.00. The predicted molar refractivity (Wildman–Crippen MR) is 108 cm³/mol. The van der Waals surface area contributed by atoms with Crippen LogP contribution in [0.3, 0.4) is 0 Å². The summed E-state index contributed by atoms with van der Waals surface area (Å²) in [5.74, 6) is 1.11. The van der Waals surface area contributed by atoms with Gasteiger partial charge in [-0.25, -0.2) is 0 Å². The average molecular weight is 382 g/mol. The minimum absolute atomic E-state index is 0.0402. The number of nitrogens with one attached hydrogen (secondary N) is 1. The van der Waals surface area contributed by atoms with Gasteiger partial charge in [0.15, 0.2) is 11.5 Å². The van der Waals surface area contributed by atoms with Crippen LogP contribution in [0, 0.1) is 0 Å². The molecule has 146 valence electrons. The Kier molecular flexibility index (Phi) is 5.54. The number of nitrogens with zero attached hydrogens (tertiary/aromatic N) is 1. The van der Waals surface area contributed by atoms with Crippen molar-refractivity contribution in [3.8, 4) is 17.2 Å². The second-order valence-electron chi connectivity index (χ2n) is 6.12. The first-order chi connectivity index (χ1) is 13.5. The van der Waals surface area contributed by atoms with Crippen LogP contribution in [0.5, 0.6) is 17.2 Å². The van der Waals surface area contributed by atoms with Gasteiger partial charge < -0.3 is 24.1 Å². The van der Waals surface area contributed by atoms with Gasteiger partial charge >= 0.3 is 0 Å². The maximum absolute atomic E-state index is 12.9. The highest BCUT2D eigenvalue weighted by molar-refractivity contribution is 6.06.